The molecule has 3 aromatic carbocycles. The van der Waals surface area contributed by atoms with Crippen LogP contribution >= 0.6 is 0 Å². The highest BCUT2D eigenvalue weighted by molar-refractivity contribution is 6.06. The van der Waals surface area contributed by atoms with Gasteiger partial charge in [-0.25, -0.2) is 0 Å². The van der Waals surface area contributed by atoms with Gasteiger partial charge in [0.1, 0.15) is 6.61 Å². The van der Waals surface area contributed by atoms with E-state index in [-0.39, 0.29) is 22.4 Å². The largest absolute Gasteiger partial charge is 0.490 e. The van der Waals surface area contributed by atoms with E-state index in [1.165, 1.54) is 10.8 Å². The van der Waals surface area contributed by atoms with Gasteiger partial charge in [-0.15, -0.1) is 0 Å². The van der Waals surface area contributed by atoms with Crippen LogP contribution in [0.4, 0.5) is 0 Å². The van der Waals surface area contributed by atoms with Gasteiger partial charge in [-0.1, -0.05) is 83.1 Å². The highest BCUT2D eigenvalue weighted by Crippen LogP contribution is 2.55. The molecule has 5 heteroatoms. The summed E-state index contributed by atoms with van der Waals surface area (Å²) in [5.41, 5.74) is 5.58. The fourth-order valence-corrected chi connectivity index (χ4v) is 7.54. The van der Waals surface area contributed by atoms with Crippen molar-refractivity contribution in [1.29, 1.82) is 0 Å². The maximum absolute atomic E-state index is 14.1. The number of allylic oxidation sites excluding steroid dienone is 4. The maximum atomic E-state index is 14.1. The average Bonchev–Trinajstić information content (AvgIpc) is 2.96. The summed E-state index contributed by atoms with van der Waals surface area (Å²) >= 11 is 0. The first-order valence-electron chi connectivity index (χ1n) is 16.2. The summed E-state index contributed by atoms with van der Waals surface area (Å²) < 4.78 is 12.6. The molecule has 2 aliphatic carbocycles. The molecule has 0 spiro atoms. The number of rotatable bonds is 8. The topological polar surface area (TPSA) is 55.8 Å². The Bertz CT molecular complexity index is 1630. The lowest BCUT2D eigenvalue weighted by atomic mass is 9.63. The zero-order chi connectivity index (χ0) is 31.2. The van der Waals surface area contributed by atoms with Gasteiger partial charge >= 0.3 is 0 Å². The minimum Gasteiger partial charge on any atom is -0.490 e. The van der Waals surface area contributed by atoms with Gasteiger partial charge in [0.25, 0.3) is 0 Å². The normalized spacial score (nSPS) is 19.7. The summed E-state index contributed by atoms with van der Waals surface area (Å²) in [5.74, 6) is 1.20. The molecule has 0 aromatic heterocycles. The second-order valence-electron chi connectivity index (χ2n) is 14.3. The molecule has 0 bridgehead atoms. The Kier molecular flexibility index (Phi) is 7.94. The lowest BCUT2D eigenvalue weighted by molar-refractivity contribution is -0.119. The Balaban J connectivity index is 1.45. The molecule has 0 unspecified atom stereocenters. The summed E-state index contributed by atoms with van der Waals surface area (Å²) in [6.45, 7) is 14.6. The molecule has 6 rings (SSSR count). The molecule has 5 nitrogen and oxygen atoms in total. The predicted octanol–water partition coefficient (Wildman–Crippen LogP) is 8.91. The van der Waals surface area contributed by atoms with Crippen molar-refractivity contribution in [3.05, 3.63) is 94.3 Å². The maximum Gasteiger partial charge on any atom is 0.162 e. The molecular weight excluding hydrogens is 546 g/mol. The standard InChI is InChI=1S/C39H45NO4/c1-7-18-40-29-20-38(3,4)22-31(41)36(29)35(37-30(40)21-39(5,6)23-32(37)42)26-16-17-33(34(19-26)43-8-2)44-24-27-14-11-13-25-12-9-10-15-28(25)27/h9-17,19,35H,7-8,18,20-24H2,1-6H3. The zero-order valence-corrected chi connectivity index (χ0v) is 27.1. The van der Waals surface area contributed by atoms with E-state index in [0.29, 0.717) is 37.6 Å². The molecule has 44 heavy (non-hydrogen) atoms. The monoisotopic (exact) mass is 591 g/mol. The number of nitrogens with zero attached hydrogens (tertiary/aromatic N) is 1. The summed E-state index contributed by atoms with van der Waals surface area (Å²) in [5, 5.41) is 2.34. The number of Topliss-reactive ketones (excluding diaryl/α,β-unsaturated/α-hetero) is 2. The second kappa shape index (κ2) is 11.6. The molecule has 0 fully saturated rings. The van der Waals surface area contributed by atoms with Crippen molar-refractivity contribution in [2.75, 3.05) is 13.2 Å². The average molecular weight is 592 g/mol. The number of hydrogen-bond donors (Lipinski definition) is 0. The van der Waals surface area contributed by atoms with E-state index in [9.17, 15) is 9.59 Å². The molecule has 230 valence electrons. The van der Waals surface area contributed by atoms with Crippen LogP contribution < -0.4 is 9.47 Å². The number of carbonyl (C=O) groups excluding carboxylic acids is 2. The zero-order valence-electron chi connectivity index (χ0n) is 27.1. The number of ether oxygens (including phenoxy) is 2. The molecule has 0 saturated carbocycles. The van der Waals surface area contributed by atoms with Gasteiger partial charge in [0.15, 0.2) is 23.1 Å². The molecule has 3 aliphatic rings. The van der Waals surface area contributed by atoms with Crippen molar-refractivity contribution in [1.82, 2.24) is 4.90 Å². The highest BCUT2D eigenvalue weighted by atomic mass is 16.5. The van der Waals surface area contributed by atoms with Crippen LogP contribution in [-0.4, -0.2) is 29.6 Å². The Morgan fingerprint density at radius 3 is 2.02 bits per heavy atom. The fraction of sp³-hybridized carbons (Fsp3) is 0.436. The van der Waals surface area contributed by atoms with Crippen LogP contribution in [0.25, 0.3) is 10.8 Å². The van der Waals surface area contributed by atoms with Gasteiger partial charge in [-0.2, -0.15) is 0 Å². The Morgan fingerprint density at radius 2 is 1.39 bits per heavy atom. The number of fused-ring (bicyclic) bond motifs is 1. The van der Waals surface area contributed by atoms with Crippen molar-refractivity contribution >= 4 is 22.3 Å². The third-order valence-electron chi connectivity index (χ3n) is 9.33. The van der Waals surface area contributed by atoms with Crippen LogP contribution in [0.1, 0.15) is 90.7 Å². The number of ketones is 2. The Hall–Kier alpha value is -3.86. The van der Waals surface area contributed by atoms with Crippen LogP contribution in [0.3, 0.4) is 0 Å². The fourth-order valence-electron chi connectivity index (χ4n) is 7.54. The smallest absolute Gasteiger partial charge is 0.162 e. The van der Waals surface area contributed by atoms with Crippen molar-refractivity contribution in [2.24, 2.45) is 10.8 Å². The SMILES string of the molecule is CCCN1C2=C(C(=O)CC(C)(C)C2)C(c2ccc(OCc3cccc4ccccc34)c(OCC)c2)C2=C1CC(C)(C)CC2=O. The first-order valence-corrected chi connectivity index (χ1v) is 16.2. The van der Waals surface area contributed by atoms with Gasteiger partial charge in [0.05, 0.1) is 6.61 Å². The summed E-state index contributed by atoms with van der Waals surface area (Å²) in [4.78, 5) is 30.5. The number of benzene rings is 3. The van der Waals surface area contributed by atoms with E-state index >= 15 is 0 Å². The lowest BCUT2D eigenvalue weighted by Crippen LogP contribution is -2.44. The van der Waals surface area contributed by atoms with E-state index in [2.05, 4.69) is 69.9 Å². The Labute approximate surface area is 261 Å². The molecule has 0 radical (unpaired) electrons. The first kappa shape index (κ1) is 30.2. The molecule has 0 saturated heterocycles. The quantitative estimate of drug-likeness (QED) is 0.262. The Morgan fingerprint density at radius 1 is 0.750 bits per heavy atom. The molecule has 1 aliphatic heterocycles. The number of carbonyl (C=O) groups is 2. The van der Waals surface area contributed by atoms with Crippen molar-refractivity contribution in [3.63, 3.8) is 0 Å². The van der Waals surface area contributed by atoms with Crippen LogP contribution in [0.15, 0.2) is 83.2 Å². The third kappa shape index (κ3) is 5.58. The van der Waals surface area contributed by atoms with Crippen molar-refractivity contribution < 1.29 is 19.1 Å². The van der Waals surface area contributed by atoms with Crippen LogP contribution in [0.5, 0.6) is 11.5 Å². The van der Waals surface area contributed by atoms with E-state index in [4.69, 9.17) is 9.47 Å². The minimum absolute atomic E-state index is 0.130. The lowest BCUT2D eigenvalue weighted by Gasteiger charge is -2.49. The summed E-state index contributed by atoms with van der Waals surface area (Å²) in [6, 6.07) is 20.6. The molecule has 0 atom stereocenters. The highest BCUT2D eigenvalue weighted by Gasteiger charge is 2.48. The first-order chi connectivity index (χ1) is 21.0. The van der Waals surface area contributed by atoms with Crippen molar-refractivity contribution in [3.8, 4) is 11.5 Å². The second-order valence-corrected chi connectivity index (χ2v) is 14.3. The third-order valence-corrected chi connectivity index (χ3v) is 9.33. The van der Waals surface area contributed by atoms with E-state index in [1.54, 1.807) is 0 Å². The molecule has 3 aromatic rings. The summed E-state index contributed by atoms with van der Waals surface area (Å²) in [6.07, 6.45) is 3.55. The van der Waals surface area contributed by atoms with Crippen LogP contribution in [-0.2, 0) is 16.2 Å². The van der Waals surface area contributed by atoms with Crippen molar-refractivity contribution in [2.45, 2.75) is 86.2 Å². The van der Waals surface area contributed by atoms with Gasteiger partial charge in [0, 0.05) is 47.8 Å². The van der Waals surface area contributed by atoms with Crippen LogP contribution in [0.2, 0.25) is 0 Å². The van der Waals surface area contributed by atoms with E-state index < -0.39 is 5.92 Å². The molecule has 0 amide bonds. The molecule has 0 N–H and O–H groups in total. The van der Waals surface area contributed by atoms with E-state index in [0.717, 1.165) is 59.5 Å². The van der Waals surface area contributed by atoms with E-state index in [1.807, 2.05) is 37.3 Å². The van der Waals surface area contributed by atoms with Gasteiger partial charge in [0.2, 0.25) is 0 Å². The van der Waals surface area contributed by atoms with Gasteiger partial charge in [-0.3, -0.25) is 9.59 Å². The molecular formula is C39H45NO4. The van der Waals surface area contributed by atoms with Crippen LogP contribution in [0, 0.1) is 10.8 Å². The number of hydrogen-bond acceptors (Lipinski definition) is 5. The van der Waals surface area contributed by atoms with Gasteiger partial charge < -0.3 is 14.4 Å². The van der Waals surface area contributed by atoms with Gasteiger partial charge in [-0.05, 0) is 71.0 Å². The minimum atomic E-state index is -0.397. The molecule has 1 heterocycles. The summed E-state index contributed by atoms with van der Waals surface area (Å²) in [7, 11) is 0. The predicted molar refractivity (Wildman–Crippen MR) is 176 cm³/mol.